The van der Waals surface area contributed by atoms with Gasteiger partial charge < -0.3 is 19.9 Å². The number of aliphatic hydroxyl groups is 1. The van der Waals surface area contributed by atoms with Crippen LogP contribution in [-0.2, 0) is 16.1 Å². The van der Waals surface area contributed by atoms with Crippen molar-refractivity contribution >= 4 is 6.09 Å². The molecule has 0 fully saturated rings. The lowest BCUT2D eigenvalue weighted by Gasteiger charge is -2.22. The van der Waals surface area contributed by atoms with Gasteiger partial charge in [0, 0.05) is 6.54 Å². The molecule has 5 heteroatoms. The molecule has 0 bridgehead atoms. The average Bonchev–Trinajstić information content (AvgIpc) is 2.52. The third-order valence-electron chi connectivity index (χ3n) is 3.13. The van der Waals surface area contributed by atoms with Crippen LogP contribution in [0.25, 0.3) is 0 Å². The standard InChI is InChI=1S/C19H29NO4/c1-19(2,3)24-18(22)20-14-17(12-8-5-9-13-21)23-15-16-10-6-4-7-11-16/h4-7,9-11,17,21H,8,12-15H2,1-3H3,(H,20,22)/b9-5+/t17-/m0/s1. The summed E-state index contributed by atoms with van der Waals surface area (Å²) in [4.78, 5) is 11.8. The summed E-state index contributed by atoms with van der Waals surface area (Å²) in [6.07, 6.45) is 4.57. The zero-order chi connectivity index (χ0) is 17.8. The molecule has 24 heavy (non-hydrogen) atoms. The molecule has 1 aromatic carbocycles. The molecule has 0 radical (unpaired) electrons. The fraction of sp³-hybridized carbons (Fsp3) is 0.526. The third kappa shape index (κ3) is 10.0. The highest BCUT2D eigenvalue weighted by Gasteiger charge is 2.17. The Morgan fingerprint density at radius 2 is 1.96 bits per heavy atom. The van der Waals surface area contributed by atoms with Gasteiger partial charge in [0.25, 0.3) is 0 Å². The highest BCUT2D eigenvalue weighted by Crippen LogP contribution is 2.10. The number of allylic oxidation sites excluding steroid dienone is 1. The van der Waals surface area contributed by atoms with Gasteiger partial charge in [0.15, 0.2) is 0 Å². The topological polar surface area (TPSA) is 67.8 Å². The molecule has 134 valence electrons. The second kappa shape index (κ2) is 10.8. The molecule has 1 amide bonds. The van der Waals surface area contributed by atoms with Gasteiger partial charge in [0.05, 0.1) is 19.3 Å². The van der Waals surface area contributed by atoms with Crippen LogP contribution < -0.4 is 5.32 Å². The first-order valence-corrected chi connectivity index (χ1v) is 8.29. The molecule has 0 saturated heterocycles. The number of nitrogens with one attached hydrogen (secondary N) is 1. The van der Waals surface area contributed by atoms with Crippen molar-refractivity contribution in [1.82, 2.24) is 5.32 Å². The maximum Gasteiger partial charge on any atom is 0.407 e. The van der Waals surface area contributed by atoms with Gasteiger partial charge in [-0.25, -0.2) is 4.79 Å². The SMILES string of the molecule is CC(C)(C)OC(=O)NC[C@H](CC/C=C/CO)OCc1ccccc1. The van der Waals surface area contributed by atoms with Crippen LogP contribution in [0.1, 0.15) is 39.2 Å². The van der Waals surface area contributed by atoms with Gasteiger partial charge in [0.2, 0.25) is 0 Å². The number of rotatable bonds is 9. The molecular weight excluding hydrogens is 306 g/mol. The van der Waals surface area contributed by atoms with Crippen molar-refractivity contribution in [3.05, 3.63) is 48.0 Å². The van der Waals surface area contributed by atoms with Crippen LogP contribution in [0.4, 0.5) is 4.79 Å². The molecule has 1 aromatic rings. The van der Waals surface area contributed by atoms with Crippen molar-refractivity contribution in [2.24, 2.45) is 0 Å². The van der Waals surface area contributed by atoms with E-state index in [9.17, 15) is 4.79 Å². The van der Waals surface area contributed by atoms with E-state index >= 15 is 0 Å². The summed E-state index contributed by atoms with van der Waals surface area (Å²) in [5.41, 5.74) is 0.569. The van der Waals surface area contributed by atoms with Crippen molar-refractivity contribution in [2.45, 2.75) is 51.9 Å². The lowest BCUT2D eigenvalue weighted by atomic mass is 10.1. The lowest BCUT2D eigenvalue weighted by Crippen LogP contribution is -2.37. The maximum atomic E-state index is 11.8. The Balaban J connectivity index is 2.47. The largest absolute Gasteiger partial charge is 0.444 e. The highest BCUT2D eigenvalue weighted by molar-refractivity contribution is 5.67. The quantitative estimate of drug-likeness (QED) is 0.679. The Labute approximate surface area is 144 Å². The maximum absolute atomic E-state index is 11.8. The number of amides is 1. The molecule has 0 unspecified atom stereocenters. The lowest BCUT2D eigenvalue weighted by molar-refractivity contribution is 0.0249. The van der Waals surface area contributed by atoms with Crippen LogP contribution in [0.5, 0.6) is 0 Å². The summed E-state index contributed by atoms with van der Waals surface area (Å²) >= 11 is 0. The Morgan fingerprint density at radius 3 is 2.58 bits per heavy atom. The van der Waals surface area contributed by atoms with Crippen LogP contribution in [0.15, 0.2) is 42.5 Å². The zero-order valence-corrected chi connectivity index (χ0v) is 14.8. The van der Waals surface area contributed by atoms with E-state index in [1.165, 1.54) is 0 Å². The highest BCUT2D eigenvalue weighted by atomic mass is 16.6. The summed E-state index contributed by atoms with van der Waals surface area (Å²) in [6.45, 7) is 6.40. The van der Waals surface area contributed by atoms with Gasteiger partial charge >= 0.3 is 6.09 Å². The van der Waals surface area contributed by atoms with E-state index in [1.807, 2.05) is 57.2 Å². The molecule has 1 rings (SSSR count). The summed E-state index contributed by atoms with van der Waals surface area (Å²) in [6, 6.07) is 9.91. The number of hydrogen-bond donors (Lipinski definition) is 2. The molecule has 0 aromatic heterocycles. The van der Waals surface area contributed by atoms with Crippen molar-refractivity contribution in [1.29, 1.82) is 0 Å². The number of carbonyl (C=O) groups is 1. The van der Waals surface area contributed by atoms with Crippen LogP contribution in [-0.4, -0.2) is 36.1 Å². The molecule has 0 aliphatic carbocycles. The molecule has 5 nitrogen and oxygen atoms in total. The van der Waals surface area contributed by atoms with Gasteiger partial charge in [-0.05, 0) is 39.2 Å². The van der Waals surface area contributed by atoms with Gasteiger partial charge in [-0.2, -0.15) is 0 Å². The van der Waals surface area contributed by atoms with E-state index in [1.54, 1.807) is 6.08 Å². The number of ether oxygens (including phenoxy) is 2. The van der Waals surface area contributed by atoms with Crippen molar-refractivity contribution in [3.8, 4) is 0 Å². The van der Waals surface area contributed by atoms with E-state index in [2.05, 4.69) is 5.32 Å². The van der Waals surface area contributed by atoms with Crippen LogP contribution in [0, 0.1) is 0 Å². The van der Waals surface area contributed by atoms with Crippen LogP contribution >= 0.6 is 0 Å². The second-order valence-corrected chi connectivity index (χ2v) is 6.53. The summed E-state index contributed by atoms with van der Waals surface area (Å²) in [5.74, 6) is 0. The monoisotopic (exact) mass is 335 g/mol. The molecule has 0 aliphatic heterocycles. The Bertz CT molecular complexity index is 494. The number of alkyl carbamates (subject to hydrolysis) is 1. The molecule has 0 aliphatic rings. The Kier molecular flexibility index (Phi) is 9.12. The third-order valence-corrected chi connectivity index (χ3v) is 3.13. The van der Waals surface area contributed by atoms with Crippen LogP contribution in [0.2, 0.25) is 0 Å². The number of hydrogen-bond acceptors (Lipinski definition) is 4. The van der Waals surface area contributed by atoms with Crippen molar-refractivity contribution in [2.75, 3.05) is 13.2 Å². The minimum Gasteiger partial charge on any atom is -0.444 e. The second-order valence-electron chi connectivity index (χ2n) is 6.53. The van der Waals surface area contributed by atoms with Gasteiger partial charge in [-0.1, -0.05) is 42.5 Å². The van der Waals surface area contributed by atoms with E-state index in [-0.39, 0.29) is 12.7 Å². The van der Waals surface area contributed by atoms with E-state index in [0.717, 1.165) is 18.4 Å². The van der Waals surface area contributed by atoms with E-state index in [0.29, 0.717) is 13.2 Å². The van der Waals surface area contributed by atoms with E-state index in [4.69, 9.17) is 14.6 Å². The predicted molar refractivity (Wildman–Crippen MR) is 94.7 cm³/mol. The average molecular weight is 335 g/mol. The van der Waals surface area contributed by atoms with Gasteiger partial charge in [0.1, 0.15) is 5.60 Å². The fourth-order valence-corrected chi connectivity index (χ4v) is 2.02. The van der Waals surface area contributed by atoms with Gasteiger partial charge in [-0.3, -0.25) is 0 Å². The first-order valence-electron chi connectivity index (χ1n) is 8.29. The number of benzene rings is 1. The van der Waals surface area contributed by atoms with Gasteiger partial charge in [-0.15, -0.1) is 0 Å². The molecule has 0 saturated carbocycles. The minimum atomic E-state index is -0.520. The molecule has 0 spiro atoms. The Morgan fingerprint density at radius 1 is 1.25 bits per heavy atom. The minimum absolute atomic E-state index is 0.0334. The van der Waals surface area contributed by atoms with Crippen molar-refractivity contribution in [3.63, 3.8) is 0 Å². The smallest absolute Gasteiger partial charge is 0.407 e. The number of aliphatic hydroxyl groups excluding tert-OH is 1. The predicted octanol–water partition coefficient (Wildman–Crippen LogP) is 3.43. The first-order chi connectivity index (χ1) is 11.4. The summed E-state index contributed by atoms with van der Waals surface area (Å²) < 4.78 is 11.2. The summed E-state index contributed by atoms with van der Waals surface area (Å²) in [7, 11) is 0. The normalized spacial score (nSPS) is 13.0. The van der Waals surface area contributed by atoms with Crippen molar-refractivity contribution < 1.29 is 19.4 Å². The molecular formula is C19H29NO4. The fourth-order valence-electron chi connectivity index (χ4n) is 2.02. The first kappa shape index (κ1) is 20.2. The molecule has 1 atom stereocenters. The number of carbonyl (C=O) groups excluding carboxylic acids is 1. The van der Waals surface area contributed by atoms with E-state index < -0.39 is 11.7 Å². The summed E-state index contributed by atoms with van der Waals surface area (Å²) in [5, 5.41) is 11.5. The zero-order valence-electron chi connectivity index (χ0n) is 14.8. The van der Waals surface area contributed by atoms with Crippen LogP contribution in [0.3, 0.4) is 0 Å². The Hall–Kier alpha value is -1.85. The molecule has 0 heterocycles. The molecule has 2 N–H and O–H groups in total.